The predicted molar refractivity (Wildman–Crippen MR) is 98.1 cm³/mol. The number of aliphatic imine (C=N–C) groups is 1. The number of anilines is 2. The van der Waals surface area contributed by atoms with Crippen molar-refractivity contribution in [3.05, 3.63) is 23.8 Å². The smallest absolute Gasteiger partial charge is 0.261 e. The highest BCUT2D eigenvalue weighted by atomic mass is 16.2. The first-order valence-electron chi connectivity index (χ1n) is 9.02. The monoisotopic (exact) mass is 340 g/mol. The average molecular weight is 340 g/mol. The summed E-state index contributed by atoms with van der Waals surface area (Å²) in [6.07, 6.45) is 6.91. The Morgan fingerprint density at radius 3 is 2.40 bits per heavy atom. The number of fused-ring (bicyclic) bond motifs is 5. The summed E-state index contributed by atoms with van der Waals surface area (Å²) in [5.41, 5.74) is 8.08. The van der Waals surface area contributed by atoms with Crippen molar-refractivity contribution >= 4 is 29.4 Å². The Kier molecular flexibility index (Phi) is 3.98. The molecule has 1 aromatic rings. The van der Waals surface area contributed by atoms with Crippen LogP contribution in [-0.2, 0) is 9.59 Å². The lowest BCUT2D eigenvalue weighted by molar-refractivity contribution is -0.127. The van der Waals surface area contributed by atoms with Crippen LogP contribution in [0.1, 0.15) is 31.2 Å². The molecule has 6 heteroatoms. The summed E-state index contributed by atoms with van der Waals surface area (Å²) in [6, 6.07) is 4.98. The van der Waals surface area contributed by atoms with Crippen LogP contribution in [0.2, 0.25) is 0 Å². The van der Waals surface area contributed by atoms with Gasteiger partial charge in [0.25, 0.3) is 11.8 Å². The molecule has 0 aromatic heterocycles. The second-order valence-corrected chi connectivity index (χ2v) is 7.52. The number of nitrogens with two attached hydrogens (primary N) is 1. The van der Waals surface area contributed by atoms with Crippen LogP contribution in [-0.4, -0.2) is 44.2 Å². The first-order chi connectivity index (χ1) is 12.0. The molecule has 2 amide bonds. The van der Waals surface area contributed by atoms with Gasteiger partial charge in [-0.15, -0.1) is 0 Å². The van der Waals surface area contributed by atoms with E-state index < -0.39 is 11.9 Å². The molecule has 132 valence electrons. The highest BCUT2D eigenvalue weighted by Gasteiger charge is 2.32. The van der Waals surface area contributed by atoms with Crippen molar-refractivity contribution in [1.29, 1.82) is 0 Å². The maximum absolute atomic E-state index is 12.5. The van der Waals surface area contributed by atoms with E-state index >= 15 is 0 Å². The zero-order valence-corrected chi connectivity index (χ0v) is 14.5. The molecule has 0 spiro atoms. The average Bonchev–Trinajstić information content (AvgIpc) is 2.99. The van der Waals surface area contributed by atoms with Crippen molar-refractivity contribution in [2.45, 2.75) is 31.7 Å². The van der Waals surface area contributed by atoms with Gasteiger partial charge in [0.2, 0.25) is 6.04 Å². The molecule has 1 saturated carbocycles. The van der Waals surface area contributed by atoms with Gasteiger partial charge in [-0.25, -0.2) is 0 Å². The van der Waals surface area contributed by atoms with Crippen molar-refractivity contribution < 1.29 is 9.59 Å². The summed E-state index contributed by atoms with van der Waals surface area (Å²) >= 11 is 0. The van der Waals surface area contributed by atoms with Gasteiger partial charge in [-0.05, 0) is 55.7 Å². The minimum atomic E-state index is -1.14. The fourth-order valence-corrected chi connectivity index (χ4v) is 4.35. The maximum atomic E-state index is 12.5. The zero-order valence-electron chi connectivity index (χ0n) is 14.5. The van der Waals surface area contributed by atoms with E-state index in [0.717, 1.165) is 41.9 Å². The molecule has 3 heterocycles. The first-order valence-corrected chi connectivity index (χ1v) is 9.02. The standard InChI is InChI=1S/C19H24N4O2/c1-22-16-8-15(23-10-12-2-3-13(11-23)5-4-12)7-6-14(16)9-21-17(18(20)24)19(22)25/h6-9,12-13,17H,2-5,10-11H2,1H3,(H2,20,24). The fourth-order valence-electron chi connectivity index (χ4n) is 4.35. The van der Waals surface area contributed by atoms with E-state index in [2.05, 4.69) is 16.0 Å². The van der Waals surface area contributed by atoms with Crippen molar-refractivity contribution in [2.75, 3.05) is 29.9 Å². The third-order valence-corrected chi connectivity index (χ3v) is 5.86. The first kappa shape index (κ1) is 16.1. The van der Waals surface area contributed by atoms with Crippen LogP contribution >= 0.6 is 0 Å². The maximum Gasteiger partial charge on any atom is 0.261 e. The van der Waals surface area contributed by atoms with E-state index in [1.165, 1.54) is 30.6 Å². The van der Waals surface area contributed by atoms with Crippen LogP contribution in [0.4, 0.5) is 11.4 Å². The zero-order chi connectivity index (χ0) is 17.6. The largest absolute Gasteiger partial charge is 0.371 e. The van der Waals surface area contributed by atoms with Crippen LogP contribution in [0, 0.1) is 11.8 Å². The molecule has 0 radical (unpaired) electrons. The fraction of sp³-hybridized carbons (Fsp3) is 0.526. The number of nitrogens with zero attached hydrogens (tertiary/aromatic N) is 3. The molecule has 3 aliphatic heterocycles. The van der Waals surface area contributed by atoms with Crippen molar-refractivity contribution in [3.63, 3.8) is 0 Å². The number of primary amides is 1. The molecule has 2 N–H and O–H groups in total. The molecule has 2 bridgehead atoms. The summed E-state index contributed by atoms with van der Waals surface area (Å²) in [6.45, 7) is 2.18. The van der Waals surface area contributed by atoms with E-state index in [0.29, 0.717) is 0 Å². The molecule has 6 nitrogen and oxygen atoms in total. The molecular weight excluding hydrogens is 316 g/mol. The number of amides is 2. The Hall–Kier alpha value is -2.37. The number of hydrogen-bond acceptors (Lipinski definition) is 4. The van der Waals surface area contributed by atoms with Gasteiger partial charge in [-0.3, -0.25) is 14.6 Å². The van der Waals surface area contributed by atoms with Crippen LogP contribution in [0.25, 0.3) is 0 Å². The van der Waals surface area contributed by atoms with Gasteiger partial charge in [0.1, 0.15) is 0 Å². The van der Waals surface area contributed by atoms with Crippen LogP contribution in [0.15, 0.2) is 23.2 Å². The second kappa shape index (κ2) is 6.17. The molecule has 25 heavy (non-hydrogen) atoms. The van der Waals surface area contributed by atoms with E-state index in [4.69, 9.17) is 5.73 Å². The lowest BCUT2D eigenvalue weighted by Crippen LogP contribution is -2.42. The lowest BCUT2D eigenvalue weighted by Gasteiger charge is -2.27. The van der Waals surface area contributed by atoms with E-state index in [1.807, 2.05) is 12.1 Å². The van der Waals surface area contributed by atoms with E-state index in [1.54, 1.807) is 13.3 Å². The summed E-state index contributed by atoms with van der Waals surface area (Å²) in [7, 11) is 1.68. The quantitative estimate of drug-likeness (QED) is 0.830. The Balaban J connectivity index is 1.66. The van der Waals surface area contributed by atoms with Crippen molar-refractivity contribution in [3.8, 4) is 0 Å². The van der Waals surface area contributed by atoms with E-state index in [-0.39, 0.29) is 5.91 Å². The third kappa shape index (κ3) is 2.90. The molecule has 3 fully saturated rings. The van der Waals surface area contributed by atoms with Gasteiger partial charge in [-0.1, -0.05) is 0 Å². The van der Waals surface area contributed by atoms with Gasteiger partial charge < -0.3 is 15.5 Å². The summed E-state index contributed by atoms with van der Waals surface area (Å²) in [5.74, 6) is 0.455. The minimum Gasteiger partial charge on any atom is -0.371 e. The Morgan fingerprint density at radius 1 is 1.16 bits per heavy atom. The molecule has 4 aliphatic rings. The molecule has 5 rings (SSSR count). The Bertz CT molecular complexity index is 723. The number of carbonyl (C=O) groups is 2. The molecule has 1 aliphatic carbocycles. The topological polar surface area (TPSA) is 79.0 Å². The highest BCUT2D eigenvalue weighted by Crippen LogP contribution is 2.37. The highest BCUT2D eigenvalue weighted by molar-refractivity contribution is 6.15. The normalized spacial score (nSPS) is 28.5. The van der Waals surface area contributed by atoms with Gasteiger partial charge in [-0.2, -0.15) is 0 Å². The molecule has 1 unspecified atom stereocenters. The second-order valence-electron chi connectivity index (χ2n) is 7.52. The molecule has 1 atom stereocenters. The SMILES string of the molecule is CN1C(=O)C(C(N)=O)N=Cc2ccc(N3CC4CCC(CC4)C3)cc21. The summed E-state index contributed by atoms with van der Waals surface area (Å²) < 4.78 is 0. The Labute approximate surface area is 147 Å². The summed E-state index contributed by atoms with van der Waals surface area (Å²) in [4.78, 5) is 32.1. The summed E-state index contributed by atoms with van der Waals surface area (Å²) in [5, 5.41) is 0. The van der Waals surface area contributed by atoms with Crippen molar-refractivity contribution in [2.24, 2.45) is 22.6 Å². The number of hydrogen-bond donors (Lipinski definition) is 1. The number of benzene rings is 1. The number of likely N-dealkylation sites (N-methyl/N-ethyl adjacent to an activating group) is 1. The van der Waals surface area contributed by atoms with Crippen LogP contribution in [0.5, 0.6) is 0 Å². The minimum absolute atomic E-state index is 0.379. The molecule has 1 aromatic carbocycles. The number of rotatable bonds is 2. The van der Waals surface area contributed by atoms with Gasteiger partial charge in [0.05, 0.1) is 5.69 Å². The van der Waals surface area contributed by atoms with Crippen molar-refractivity contribution in [1.82, 2.24) is 0 Å². The van der Waals surface area contributed by atoms with E-state index in [9.17, 15) is 9.59 Å². The third-order valence-electron chi connectivity index (χ3n) is 5.86. The Morgan fingerprint density at radius 2 is 1.80 bits per heavy atom. The molecular formula is C19H24N4O2. The molecule has 2 saturated heterocycles. The number of benzodiazepines with no additional fused rings is 1. The predicted octanol–water partition coefficient (Wildman–Crippen LogP) is 1.56. The van der Waals surface area contributed by atoms with Crippen LogP contribution in [0.3, 0.4) is 0 Å². The van der Waals surface area contributed by atoms with Gasteiger partial charge in [0, 0.05) is 37.6 Å². The van der Waals surface area contributed by atoms with Crippen LogP contribution < -0.4 is 15.5 Å². The lowest BCUT2D eigenvalue weighted by atomic mass is 9.84. The van der Waals surface area contributed by atoms with Gasteiger partial charge in [0.15, 0.2) is 0 Å². The van der Waals surface area contributed by atoms with Gasteiger partial charge >= 0.3 is 0 Å². The number of carbonyl (C=O) groups excluding carboxylic acids is 2.